The number of carbonyl (C=O) groups excluding carboxylic acids is 1. The summed E-state index contributed by atoms with van der Waals surface area (Å²) in [5, 5.41) is 12.8. The van der Waals surface area contributed by atoms with Crippen molar-refractivity contribution in [2.24, 2.45) is 23.7 Å². The molecule has 0 radical (unpaired) electrons. The molecule has 2 heterocycles. The minimum Gasteiger partial charge on any atom is -0.481 e. The number of hydrogen-bond donors (Lipinski definition) is 2. The zero-order valence-corrected chi connectivity index (χ0v) is 19.7. The van der Waals surface area contributed by atoms with Crippen LogP contribution in [0.3, 0.4) is 0 Å². The molecule has 3 aliphatic carbocycles. The Morgan fingerprint density at radius 1 is 1.17 bits per heavy atom. The maximum absolute atomic E-state index is 13.9. The number of sulfone groups is 1. The minimum atomic E-state index is -4.90. The molecule has 2 N–H and O–H groups in total. The number of aromatic nitrogens is 2. The fourth-order valence-electron chi connectivity index (χ4n) is 6.77. The predicted octanol–water partition coefficient (Wildman–Crippen LogP) is 2.45. The fourth-order valence-corrected chi connectivity index (χ4v) is 7.97. The number of nitrogens with one attached hydrogen (secondary N) is 1. The number of carboxylic acids is 1. The molecule has 35 heavy (non-hydrogen) atoms. The summed E-state index contributed by atoms with van der Waals surface area (Å²) in [4.78, 5) is 33.4. The number of hydrogen-bond acceptors (Lipinski definition) is 7. The second-order valence-corrected chi connectivity index (χ2v) is 12.8. The van der Waals surface area contributed by atoms with Crippen molar-refractivity contribution < 1.29 is 36.3 Å². The summed E-state index contributed by atoms with van der Waals surface area (Å²) >= 11 is 0. The van der Waals surface area contributed by atoms with E-state index >= 15 is 0 Å². The number of amides is 1. The van der Waals surface area contributed by atoms with Crippen molar-refractivity contribution in [3.63, 3.8) is 0 Å². The SMILES string of the molecule is O=C(O)C1CC2CC3CC(Nc4ncc(C(=O)N5CCS(=O)(=O)CC5)c(C(F)(F)F)n4)(CCC31)C2. The van der Waals surface area contributed by atoms with Crippen molar-refractivity contribution >= 4 is 27.7 Å². The average molecular weight is 517 g/mol. The van der Waals surface area contributed by atoms with Crippen LogP contribution in [0.1, 0.15) is 54.6 Å². The maximum Gasteiger partial charge on any atom is 0.434 e. The van der Waals surface area contributed by atoms with Gasteiger partial charge in [0.1, 0.15) is 0 Å². The van der Waals surface area contributed by atoms with Crippen LogP contribution in [0.5, 0.6) is 0 Å². The van der Waals surface area contributed by atoms with E-state index in [0.29, 0.717) is 32.1 Å². The number of carbonyl (C=O) groups is 2. The third kappa shape index (κ3) is 4.58. The van der Waals surface area contributed by atoms with E-state index in [1.165, 1.54) is 0 Å². The number of halogens is 3. The van der Waals surface area contributed by atoms with Crippen molar-refractivity contribution in [1.29, 1.82) is 0 Å². The van der Waals surface area contributed by atoms with Gasteiger partial charge in [0.2, 0.25) is 5.95 Å². The van der Waals surface area contributed by atoms with Crippen molar-refractivity contribution in [2.75, 3.05) is 29.9 Å². The lowest BCUT2D eigenvalue weighted by Gasteiger charge is -2.56. The number of alkyl halides is 3. The number of carboxylic acid groups (broad SMARTS) is 1. The lowest BCUT2D eigenvalue weighted by atomic mass is 9.51. The highest BCUT2D eigenvalue weighted by atomic mass is 32.2. The summed E-state index contributed by atoms with van der Waals surface area (Å²) in [6.07, 6.45) is 0.0949. The lowest BCUT2D eigenvalue weighted by Crippen LogP contribution is -2.56. The molecule has 5 rings (SSSR count). The van der Waals surface area contributed by atoms with Gasteiger partial charge in [-0.2, -0.15) is 13.2 Å². The summed E-state index contributed by atoms with van der Waals surface area (Å²) in [5.41, 5.74) is -2.54. The van der Waals surface area contributed by atoms with Crippen molar-refractivity contribution in [2.45, 2.75) is 50.2 Å². The number of aliphatic carboxylic acids is 1. The van der Waals surface area contributed by atoms with Gasteiger partial charge in [-0.25, -0.2) is 18.4 Å². The quantitative estimate of drug-likeness (QED) is 0.624. The number of nitrogens with zero attached hydrogens (tertiary/aromatic N) is 3. The zero-order valence-electron chi connectivity index (χ0n) is 18.9. The van der Waals surface area contributed by atoms with Gasteiger partial charge in [0.15, 0.2) is 15.5 Å². The molecule has 5 unspecified atom stereocenters. The third-order valence-corrected chi connectivity index (χ3v) is 9.86. The summed E-state index contributed by atoms with van der Waals surface area (Å²) in [6.45, 7) is -0.355. The van der Waals surface area contributed by atoms with Gasteiger partial charge in [-0.3, -0.25) is 9.59 Å². The Bertz CT molecular complexity index is 1140. The molecule has 1 aromatic rings. The molecule has 1 aliphatic heterocycles. The molecule has 0 aromatic carbocycles. The summed E-state index contributed by atoms with van der Waals surface area (Å²) in [6, 6.07) is 0. The van der Waals surface area contributed by atoms with E-state index in [-0.39, 0.29) is 54.2 Å². The number of fused-ring (bicyclic) bond motifs is 2. The Morgan fingerprint density at radius 3 is 2.54 bits per heavy atom. The molecule has 4 fully saturated rings. The Balaban J connectivity index is 1.38. The van der Waals surface area contributed by atoms with Crippen LogP contribution in [-0.4, -0.2) is 70.4 Å². The molecule has 13 heteroatoms. The Kier molecular flexibility index (Phi) is 5.76. The van der Waals surface area contributed by atoms with Crippen LogP contribution in [0.25, 0.3) is 0 Å². The Hall–Kier alpha value is -2.44. The van der Waals surface area contributed by atoms with Crippen LogP contribution in [0.4, 0.5) is 19.1 Å². The van der Waals surface area contributed by atoms with E-state index in [2.05, 4.69) is 15.3 Å². The van der Waals surface area contributed by atoms with Crippen LogP contribution in [0, 0.1) is 23.7 Å². The van der Waals surface area contributed by atoms with Gasteiger partial charge in [-0.15, -0.1) is 0 Å². The van der Waals surface area contributed by atoms with Crippen molar-refractivity contribution in [1.82, 2.24) is 14.9 Å². The van der Waals surface area contributed by atoms with Gasteiger partial charge in [0.25, 0.3) is 5.91 Å². The first kappa shape index (κ1) is 24.3. The summed E-state index contributed by atoms with van der Waals surface area (Å²) < 4.78 is 65.0. The molecular formula is C22H27F3N4O5S. The molecule has 4 aliphatic rings. The highest BCUT2D eigenvalue weighted by Gasteiger charge is 2.54. The van der Waals surface area contributed by atoms with Crippen LogP contribution in [0.2, 0.25) is 0 Å². The zero-order chi connectivity index (χ0) is 25.2. The molecule has 1 amide bonds. The van der Waals surface area contributed by atoms with Gasteiger partial charge in [-0.1, -0.05) is 0 Å². The first-order valence-electron chi connectivity index (χ1n) is 11.8. The van der Waals surface area contributed by atoms with Crippen LogP contribution >= 0.6 is 0 Å². The van der Waals surface area contributed by atoms with Gasteiger partial charge >= 0.3 is 12.1 Å². The molecule has 1 aromatic heterocycles. The Morgan fingerprint density at radius 2 is 1.89 bits per heavy atom. The first-order chi connectivity index (χ1) is 16.4. The lowest BCUT2D eigenvalue weighted by molar-refractivity contribution is -0.151. The van der Waals surface area contributed by atoms with Gasteiger partial charge in [-0.05, 0) is 56.3 Å². The van der Waals surface area contributed by atoms with E-state index in [1.54, 1.807) is 0 Å². The Labute approximate surface area is 200 Å². The molecule has 9 nitrogen and oxygen atoms in total. The molecular weight excluding hydrogens is 489 g/mol. The van der Waals surface area contributed by atoms with Crippen molar-refractivity contribution in [3.05, 3.63) is 17.5 Å². The first-order valence-corrected chi connectivity index (χ1v) is 13.6. The molecule has 5 atom stereocenters. The van der Waals surface area contributed by atoms with E-state index in [4.69, 9.17) is 0 Å². The second kappa shape index (κ2) is 8.31. The fraction of sp³-hybridized carbons (Fsp3) is 0.727. The van der Waals surface area contributed by atoms with Crippen LogP contribution in [-0.2, 0) is 20.8 Å². The van der Waals surface area contributed by atoms with E-state index in [0.717, 1.165) is 17.5 Å². The standard InChI is InChI=1S/C22H27F3N4O5S/c23-22(24,25)17-16(18(30)29-3-5-35(33,34)6-4-29)11-26-20(27-17)28-21-2-1-14-13(10-21)7-12(9-21)8-15(14)19(31)32/h11-15H,1-10H2,(H,31,32)(H,26,27,28). The molecule has 3 bridgehead atoms. The monoisotopic (exact) mass is 516 g/mol. The molecule has 1 saturated heterocycles. The number of rotatable bonds is 4. The van der Waals surface area contributed by atoms with Crippen LogP contribution in [0.15, 0.2) is 6.20 Å². The highest BCUT2D eigenvalue weighted by molar-refractivity contribution is 7.91. The summed E-state index contributed by atoms with van der Waals surface area (Å²) in [5.74, 6) is -2.41. The number of anilines is 1. The normalized spacial score (nSPS) is 33.9. The van der Waals surface area contributed by atoms with Gasteiger partial charge < -0.3 is 15.3 Å². The summed E-state index contributed by atoms with van der Waals surface area (Å²) in [7, 11) is -3.30. The predicted molar refractivity (Wildman–Crippen MR) is 117 cm³/mol. The molecule has 0 spiro atoms. The van der Waals surface area contributed by atoms with Gasteiger partial charge in [0, 0.05) is 24.8 Å². The van der Waals surface area contributed by atoms with E-state index in [1.807, 2.05) is 0 Å². The third-order valence-electron chi connectivity index (χ3n) is 8.25. The van der Waals surface area contributed by atoms with Gasteiger partial charge in [0.05, 0.1) is 23.0 Å². The smallest absolute Gasteiger partial charge is 0.434 e. The average Bonchev–Trinajstić information content (AvgIpc) is 2.76. The highest BCUT2D eigenvalue weighted by Crippen LogP contribution is 2.57. The van der Waals surface area contributed by atoms with Crippen LogP contribution < -0.4 is 5.32 Å². The van der Waals surface area contributed by atoms with E-state index < -0.39 is 44.7 Å². The minimum absolute atomic E-state index is 0.0824. The second-order valence-electron chi connectivity index (χ2n) is 10.5. The van der Waals surface area contributed by atoms with Crippen molar-refractivity contribution in [3.8, 4) is 0 Å². The molecule has 3 saturated carbocycles. The van der Waals surface area contributed by atoms with E-state index in [9.17, 15) is 36.3 Å². The molecule has 192 valence electrons. The largest absolute Gasteiger partial charge is 0.481 e. The maximum atomic E-state index is 13.9. The topological polar surface area (TPSA) is 130 Å².